The van der Waals surface area contributed by atoms with Crippen LogP contribution in [0.25, 0.3) is 0 Å². The zero-order chi connectivity index (χ0) is 14.3. The van der Waals surface area contributed by atoms with E-state index in [9.17, 15) is 4.79 Å². The van der Waals surface area contributed by atoms with Crippen LogP contribution in [0, 0.1) is 5.92 Å². The quantitative estimate of drug-likeness (QED) is 0.732. The zero-order valence-electron chi connectivity index (χ0n) is 11.8. The first-order chi connectivity index (χ1) is 9.02. The van der Waals surface area contributed by atoms with Gasteiger partial charge in [0.15, 0.2) is 0 Å². The molecule has 108 valence electrons. The lowest BCUT2D eigenvalue weighted by molar-refractivity contribution is -0.136. The van der Waals surface area contributed by atoms with Gasteiger partial charge in [-0.15, -0.1) is 11.3 Å². The molecule has 4 nitrogen and oxygen atoms in total. The highest BCUT2D eigenvalue weighted by molar-refractivity contribution is 7.12. The Labute approximate surface area is 118 Å². The van der Waals surface area contributed by atoms with E-state index in [4.69, 9.17) is 9.84 Å². The summed E-state index contributed by atoms with van der Waals surface area (Å²) in [6.07, 6.45) is 0.108. The number of thiophene rings is 1. The molecule has 1 rings (SSSR count). The second-order valence-electron chi connectivity index (χ2n) is 4.83. The molecule has 0 aliphatic rings. The van der Waals surface area contributed by atoms with E-state index in [-0.39, 0.29) is 6.42 Å². The number of carbonyl (C=O) groups is 1. The van der Waals surface area contributed by atoms with Crippen LogP contribution in [0.4, 0.5) is 0 Å². The number of hydrogen-bond acceptors (Lipinski definition) is 4. The van der Waals surface area contributed by atoms with E-state index in [1.54, 1.807) is 11.3 Å². The van der Waals surface area contributed by atoms with Crippen molar-refractivity contribution in [2.24, 2.45) is 5.92 Å². The van der Waals surface area contributed by atoms with Gasteiger partial charge in [0.1, 0.15) is 0 Å². The third-order valence-electron chi connectivity index (χ3n) is 2.89. The Kier molecular flexibility index (Phi) is 7.05. The molecule has 0 fully saturated rings. The fourth-order valence-electron chi connectivity index (χ4n) is 1.72. The van der Waals surface area contributed by atoms with Gasteiger partial charge in [-0.2, -0.15) is 0 Å². The van der Waals surface area contributed by atoms with Gasteiger partial charge in [-0.1, -0.05) is 13.8 Å². The van der Waals surface area contributed by atoms with Crippen molar-refractivity contribution in [2.75, 3.05) is 13.2 Å². The molecule has 5 heteroatoms. The molecule has 0 radical (unpaired) electrons. The molecule has 0 spiro atoms. The van der Waals surface area contributed by atoms with Crippen molar-refractivity contribution in [3.63, 3.8) is 0 Å². The molecule has 0 aromatic carbocycles. The summed E-state index contributed by atoms with van der Waals surface area (Å²) in [5.41, 5.74) is 0. The molecular weight excluding hydrogens is 262 g/mol. The molecule has 0 aliphatic heterocycles. The maximum atomic E-state index is 10.6. The van der Waals surface area contributed by atoms with Crippen molar-refractivity contribution in [1.82, 2.24) is 5.32 Å². The van der Waals surface area contributed by atoms with E-state index in [1.807, 2.05) is 19.1 Å². The number of carboxylic acid groups (broad SMARTS) is 1. The van der Waals surface area contributed by atoms with Gasteiger partial charge in [0.05, 0.1) is 13.0 Å². The van der Waals surface area contributed by atoms with Crippen molar-refractivity contribution in [3.8, 4) is 0 Å². The van der Waals surface area contributed by atoms with Crippen LogP contribution in [0.2, 0.25) is 0 Å². The van der Waals surface area contributed by atoms with Gasteiger partial charge in [0, 0.05) is 28.9 Å². The average Bonchev–Trinajstić information content (AvgIpc) is 2.75. The molecule has 1 unspecified atom stereocenters. The zero-order valence-corrected chi connectivity index (χ0v) is 12.6. The van der Waals surface area contributed by atoms with Gasteiger partial charge >= 0.3 is 5.97 Å². The fourth-order valence-corrected chi connectivity index (χ4v) is 2.69. The Balaban J connectivity index is 2.45. The summed E-state index contributed by atoms with van der Waals surface area (Å²) in [5, 5.41) is 12.2. The van der Waals surface area contributed by atoms with E-state index in [1.165, 1.54) is 4.88 Å². The Morgan fingerprint density at radius 3 is 2.68 bits per heavy atom. The van der Waals surface area contributed by atoms with Crippen LogP contribution in [0.15, 0.2) is 12.1 Å². The maximum Gasteiger partial charge on any atom is 0.308 e. The summed E-state index contributed by atoms with van der Waals surface area (Å²) < 4.78 is 5.47. The third-order valence-corrected chi connectivity index (χ3v) is 3.97. The van der Waals surface area contributed by atoms with Crippen molar-refractivity contribution in [2.45, 2.75) is 39.8 Å². The number of rotatable bonds is 9. The van der Waals surface area contributed by atoms with Crippen LogP contribution in [-0.2, 0) is 22.5 Å². The molecule has 0 amide bonds. The second-order valence-corrected chi connectivity index (χ2v) is 6.08. The van der Waals surface area contributed by atoms with E-state index in [0.29, 0.717) is 18.6 Å². The monoisotopic (exact) mass is 285 g/mol. The largest absolute Gasteiger partial charge is 0.481 e. The van der Waals surface area contributed by atoms with Gasteiger partial charge in [-0.3, -0.25) is 4.79 Å². The highest BCUT2D eigenvalue weighted by Crippen LogP contribution is 2.17. The Bertz CT molecular complexity index is 390. The molecule has 0 aliphatic carbocycles. The third kappa shape index (κ3) is 6.18. The van der Waals surface area contributed by atoms with Gasteiger partial charge < -0.3 is 15.2 Å². The number of nitrogens with one attached hydrogen (secondary N) is 1. The van der Waals surface area contributed by atoms with Gasteiger partial charge in [-0.05, 0) is 25.0 Å². The fraction of sp³-hybridized carbons (Fsp3) is 0.643. The smallest absolute Gasteiger partial charge is 0.308 e. The van der Waals surface area contributed by atoms with Crippen LogP contribution >= 0.6 is 11.3 Å². The molecule has 19 heavy (non-hydrogen) atoms. The number of ether oxygens (including phenoxy) is 1. The van der Waals surface area contributed by atoms with Gasteiger partial charge in [0.25, 0.3) is 0 Å². The highest BCUT2D eigenvalue weighted by atomic mass is 32.1. The van der Waals surface area contributed by atoms with Crippen molar-refractivity contribution in [1.29, 1.82) is 0 Å². The van der Waals surface area contributed by atoms with E-state index in [2.05, 4.69) is 19.2 Å². The topological polar surface area (TPSA) is 58.6 Å². The minimum Gasteiger partial charge on any atom is -0.481 e. The summed E-state index contributed by atoms with van der Waals surface area (Å²) in [5.74, 6) is -0.275. The molecular formula is C14H23NO3S. The number of hydrogen-bond donors (Lipinski definition) is 2. The minimum atomic E-state index is -0.780. The average molecular weight is 285 g/mol. The molecule has 1 heterocycles. The normalized spacial score (nSPS) is 12.8. The predicted molar refractivity (Wildman–Crippen MR) is 77.6 cm³/mol. The predicted octanol–water partition coefficient (Wildman–Crippen LogP) is 2.53. The molecule has 0 saturated heterocycles. The first-order valence-electron chi connectivity index (χ1n) is 6.63. The maximum absolute atomic E-state index is 10.6. The van der Waals surface area contributed by atoms with Crippen LogP contribution in [0.3, 0.4) is 0 Å². The lowest BCUT2D eigenvalue weighted by Gasteiger charge is -2.21. The van der Waals surface area contributed by atoms with Gasteiger partial charge in [-0.25, -0.2) is 0 Å². The van der Waals surface area contributed by atoms with E-state index in [0.717, 1.165) is 18.0 Å². The number of carboxylic acids is 1. The minimum absolute atomic E-state index is 0.108. The molecule has 2 N–H and O–H groups in total. The Morgan fingerprint density at radius 2 is 2.11 bits per heavy atom. The summed E-state index contributed by atoms with van der Waals surface area (Å²) in [6.45, 7) is 8.53. The van der Waals surface area contributed by atoms with Crippen LogP contribution < -0.4 is 5.32 Å². The van der Waals surface area contributed by atoms with Crippen LogP contribution in [-0.4, -0.2) is 30.3 Å². The van der Waals surface area contributed by atoms with Crippen molar-refractivity contribution in [3.05, 3.63) is 21.9 Å². The van der Waals surface area contributed by atoms with Gasteiger partial charge in [0.2, 0.25) is 0 Å². The lowest BCUT2D eigenvalue weighted by Crippen LogP contribution is -2.37. The van der Waals surface area contributed by atoms with Crippen molar-refractivity contribution < 1.29 is 14.6 Å². The molecule has 1 atom stereocenters. The lowest BCUT2D eigenvalue weighted by atomic mass is 10.1. The first kappa shape index (κ1) is 16.1. The van der Waals surface area contributed by atoms with Crippen molar-refractivity contribution >= 4 is 17.3 Å². The standard InChI is InChI=1S/C14H23NO3S/c1-4-18-9-13(10(2)3)15-8-12-6-5-11(19-12)7-14(16)17/h5-6,10,13,15H,4,7-9H2,1-3H3,(H,16,17). The number of aliphatic carboxylic acids is 1. The summed E-state index contributed by atoms with van der Waals surface area (Å²) in [7, 11) is 0. The second kappa shape index (κ2) is 8.30. The summed E-state index contributed by atoms with van der Waals surface area (Å²) >= 11 is 1.55. The van der Waals surface area contributed by atoms with E-state index >= 15 is 0 Å². The summed E-state index contributed by atoms with van der Waals surface area (Å²) in [4.78, 5) is 12.7. The first-order valence-corrected chi connectivity index (χ1v) is 7.45. The van der Waals surface area contributed by atoms with Crippen LogP contribution in [0.5, 0.6) is 0 Å². The molecule has 1 aromatic heterocycles. The Morgan fingerprint density at radius 1 is 1.42 bits per heavy atom. The van der Waals surface area contributed by atoms with Crippen LogP contribution in [0.1, 0.15) is 30.5 Å². The summed E-state index contributed by atoms with van der Waals surface area (Å²) in [6, 6.07) is 4.21. The molecule has 0 bridgehead atoms. The van der Waals surface area contributed by atoms with E-state index < -0.39 is 5.97 Å². The molecule has 0 saturated carbocycles. The SMILES string of the molecule is CCOCC(NCc1ccc(CC(=O)O)s1)C(C)C. The highest BCUT2D eigenvalue weighted by Gasteiger charge is 2.13. The Hall–Kier alpha value is -0.910. The molecule has 1 aromatic rings.